The molecule has 8 nitrogen and oxygen atoms in total. The summed E-state index contributed by atoms with van der Waals surface area (Å²) >= 11 is 0. The smallest absolute Gasteiger partial charge is 0.242 e. The summed E-state index contributed by atoms with van der Waals surface area (Å²) in [7, 11) is 1.93. The Bertz CT molecular complexity index is 980. The highest BCUT2D eigenvalue weighted by Crippen LogP contribution is 2.38. The summed E-state index contributed by atoms with van der Waals surface area (Å²) in [6.07, 6.45) is 9.26. The van der Waals surface area contributed by atoms with Crippen molar-refractivity contribution in [2.24, 2.45) is 12.5 Å². The minimum absolute atomic E-state index is 0.0164. The fourth-order valence-electron chi connectivity index (χ4n) is 5.08. The summed E-state index contributed by atoms with van der Waals surface area (Å²) in [5, 5.41) is 10.2. The van der Waals surface area contributed by atoms with Crippen molar-refractivity contribution < 1.29 is 14.3 Å². The van der Waals surface area contributed by atoms with Gasteiger partial charge in [0, 0.05) is 25.4 Å². The number of benzene rings is 1. The van der Waals surface area contributed by atoms with Gasteiger partial charge in [-0.25, -0.2) is 0 Å². The summed E-state index contributed by atoms with van der Waals surface area (Å²) in [6, 6.07) is 7.53. The Morgan fingerprint density at radius 2 is 1.94 bits per heavy atom. The number of piperidine rings is 1. The molecule has 1 saturated heterocycles. The molecule has 0 radical (unpaired) electrons. The molecule has 0 unspecified atom stereocenters. The molecule has 0 saturated carbocycles. The van der Waals surface area contributed by atoms with Gasteiger partial charge in [-0.2, -0.15) is 5.10 Å². The van der Waals surface area contributed by atoms with E-state index in [4.69, 9.17) is 4.74 Å². The number of amides is 2. The van der Waals surface area contributed by atoms with Crippen LogP contribution in [0.5, 0.6) is 5.75 Å². The molecular weight excluding hydrogens is 430 g/mol. The molecule has 1 aromatic heterocycles. The SMILES string of the molecule is C[C@@H]1NC(=O)C2(CCCCc3ccccc3OCCNC1=O)CCN(Cc1cnn(C)c1)CC2. The quantitative estimate of drug-likeness (QED) is 0.708. The standard InChI is InChI=1S/C26H37N5O3/c1-20-24(32)27-13-16-34-23-9-4-3-7-22(23)8-5-6-10-26(25(33)29-20)11-14-31(15-12-26)19-21-17-28-30(2)18-21/h3-4,7,9,17-18,20H,5-6,8,10-16,19H2,1-2H3,(H,27,32)(H,29,33)/t20-/m0/s1. The summed E-state index contributed by atoms with van der Waals surface area (Å²) in [4.78, 5) is 28.5. The van der Waals surface area contributed by atoms with Crippen molar-refractivity contribution in [3.8, 4) is 5.75 Å². The highest BCUT2D eigenvalue weighted by Gasteiger charge is 2.41. The molecule has 1 spiro atoms. The fraction of sp³-hybridized carbons (Fsp3) is 0.577. The average Bonchev–Trinajstić information content (AvgIpc) is 3.25. The van der Waals surface area contributed by atoms with Crippen LogP contribution in [0.4, 0.5) is 0 Å². The van der Waals surface area contributed by atoms with Crippen LogP contribution in [-0.2, 0) is 29.6 Å². The maximum atomic E-state index is 13.5. The molecule has 2 N–H and O–H groups in total. The van der Waals surface area contributed by atoms with Gasteiger partial charge < -0.3 is 15.4 Å². The largest absolute Gasteiger partial charge is 0.491 e. The van der Waals surface area contributed by atoms with E-state index < -0.39 is 11.5 Å². The van der Waals surface area contributed by atoms with Crippen LogP contribution < -0.4 is 15.4 Å². The van der Waals surface area contributed by atoms with E-state index in [-0.39, 0.29) is 11.8 Å². The number of carbonyl (C=O) groups is 2. The number of fused-ring (bicyclic) bond motifs is 1. The molecule has 2 amide bonds. The maximum Gasteiger partial charge on any atom is 0.242 e. The van der Waals surface area contributed by atoms with E-state index in [1.807, 2.05) is 42.3 Å². The van der Waals surface area contributed by atoms with E-state index in [1.54, 1.807) is 6.92 Å². The number of rotatable bonds is 2. The molecular formula is C26H37N5O3. The van der Waals surface area contributed by atoms with Crippen molar-refractivity contribution in [3.05, 3.63) is 47.8 Å². The van der Waals surface area contributed by atoms with Crippen molar-refractivity contribution in [1.29, 1.82) is 0 Å². The van der Waals surface area contributed by atoms with Crippen molar-refractivity contribution in [2.75, 3.05) is 26.2 Å². The number of hydrogen-bond donors (Lipinski definition) is 2. The minimum atomic E-state index is -0.574. The van der Waals surface area contributed by atoms with Gasteiger partial charge in [0.05, 0.1) is 18.2 Å². The average molecular weight is 468 g/mol. The zero-order valence-electron chi connectivity index (χ0n) is 20.4. The van der Waals surface area contributed by atoms with Crippen molar-refractivity contribution in [3.63, 3.8) is 0 Å². The van der Waals surface area contributed by atoms with Crippen LogP contribution in [0, 0.1) is 5.41 Å². The summed E-state index contributed by atoms with van der Waals surface area (Å²) in [5.74, 6) is 0.722. The zero-order chi connectivity index (χ0) is 24.0. The van der Waals surface area contributed by atoms with Crippen LogP contribution in [0.3, 0.4) is 0 Å². The summed E-state index contributed by atoms with van der Waals surface area (Å²) in [6.45, 7) is 5.13. The molecule has 2 aliphatic rings. The predicted octanol–water partition coefficient (Wildman–Crippen LogP) is 2.43. The minimum Gasteiger partial charge on any atom is -0.491 e. The fourth-order valence-corrected chi connectivity index (χ4v) is 5.08. The lowest BCUT2D eigenvalue weighted by molar-refractivity contribution is -0.138. The molecule has 1 fully saturated rings. The monoisotopic (exact) mass is 467 g/mol. The molecule has 0 aliphatic carbocycles. The molecule has 0 bridgehead atoms. The molecule has 4 rings (SSSR count). The number of nitrogens with one attached hydrogen (secondary N) is 2. The normalized spacial score (nSPS) is 22.6. The van der Waals surface area contributed by atoms with Gasteiger partial charge in [-0.3, -0.25) is 19.2 Å². The van der Waals surface area contributed by atoms with Gasteiger partial charge in [0.15, 0.2) is 0 Å². The number of likely N-dealkylation sites (tertiary alicyclic amines) is 1. The molecule has 2 aromatic rings. The molecule has 184 valence electrons. The van der Waals surface area contributed by atoms with Gasteiger partial charge in [-0.15, -0.1) is 0 Å². The van der Waals surface area contributed by atoms with Gasteiger partial charge in [0.1, 0.15) is 18.4 Å². The Balaban J connectivity index is 1.45. The van der Waals surface area contributed by atoms with E-state index in [9.17, 15) is 9.59 Å². The van der Waals surface area contributed by atoms with Crippen LogP contribution in [0.25, 0.3) is 0 Å². The number of ether oxygens (including phenoxy) is 1. The first kappa shape index (κ1) is 24.3. The Morgan fingerprint density at radius 3 is 2.71 bits per heavy atom. The number of nitrogens with zero attached hydrogens (tertiary/aromatic N) is 3. The summed E-state index contributed by atoms with van der Waals surface area (Å²) < 4.78 is 7.75. The number of carbonyl (C=O) groups excluding carboxylic acids is 2. The number of hydrogen-bond acceptors (Lipinski definition) is 5. The first-order chi connectivity index (χ1) is 16.4. The van der Waals surface area contributed by atoms with Gasteiger partial charge in [0.2, 0.25) is 11.8 Å². The second kappa shape index (κ2) is 11.0. The Kier molecular flexibility index (Phi) is 7.88. The zero-order valence-corrected chi connectivity index (χ0v) is 20.4. The lowest BCUT2D eigenvalue weighted by atomic mass is 9.73. The van der Waals surface area contributed by atoms with E-state index in [0.29, 0.717) is 13.2 Å². The van der Waals surface area contributed by atoms with Crippen LogP contribution in [-0.4, -0.2) is 58.8 Å². The second-order valence-corrected chi connectivity index (χ2v) is 9.73. The van der Waals surface area contributed by atoms with E-state index in [0.717, 1.165) is 63.9 Å². The predicted molar refractivity (Wildman–Crippen MR) is 130 cm³/mol. The molecule has 1 aromatic carbocycles. The lowest BCUT2D eigenvalue weighted by Gasteiger charge is -2.41. The first-order valence-corrected chi connectivity index (χ1v) is 12.4. The van der Waals surface area contributed by atoms with Crippen LogP contribution in [0.15, 0.2) is 36.7 Å². The van der Waals surface area contributed by atoms with Crippen molar-refractivity contribution >= 4 is 11.8 Å². The van der Waals surface area contributed by atoms with E-state index >= 15 is 0 Å². The summed E-state index contributed by atoms with van der Waals surface area (Å²) in [5.41, 5.74) is 1.94. The molecule has 34 heavy (non-hydrogen) atoms. The third kappa shape index (κ3) is 5.97. The molecule has 8 heteroatoms. The molecule has 2 aliphatic heterocycles. The third-order valence-electron chi connectivity index (χ3n) is 7.18. The van der Waals surface area contributed by atoms with Crippen LogP contribution in [0.1, 0.15) is 50.2 Å². The lowest BCUT2D eigenvalue weighted by Crippen LogP contribution is -2.53. The Morgan fingerprint density at radius 1 is 1.15 bits per heavy atom. The van der Waals surface area contributed by atoms with Crippen molar-refractivity contribution in [2.45, 2.75) is 58.0 Å². The first-order valence-electron chi connectivity index (χ1n) is 12.4. The van der Waals surface area contributed by atoms with Crippen molar-refractivity contribution in [1.82, 2.24) is 25.3 Å². The second-order valence-electron chi connectivity index (χ2n) is 9.73. The topological polar surface area (TPSA) is 88.5 Å². The third-order valence-corrected chi connectivity index (χ3v) is 7.18. The highest BCUT2D eigenvalue weighted by molar-refractivity contribution is 5.90. The van der Waals surface area contributed by atoms with E-state index in [2.05, 4.69) is 26.7 Å². The number of aromatic nitrogens is 2. The molecule has 3 heterocycles. The van der Waals surface area contributed by atoms with Gasteiger partial charge in [-0.05, 0) is 63.7 Å². The maximum absolute atomic E-state index is 13.5. The number of aryl methyl sites for hydroxylation is 2. The van der Waals surface area contributed by atoms with Gasteiger partial charge in [-0.1, -0.05) is 24.6 Å². The highest BCUT2D eigenvalue weighted by atomic mass is 16.5. The van der Waals surface area contributed by atoms with Crippen LogP contribution >= 0.6 is 0 Å². The van der Waals surface area contributed by atoms with Gasteiger partial charge in [0.25, 0.3) is 0 Å². The molecule has 1 atom stereocenters. The van der Waals surface area contributed by atoms with Gasteiger partial charge >= 0.3 is 0 Å². The Hall–Kier alpha value is -2.87. The van der Waals surface area contributed by atoms with E-state index in [1.165, 1.54) is 11.1 Å². The van der Waals surface area contributed by atoms with Crippen LogP contribution in [0.2, 0.25) is 0 Å². The number of para-hydroxylation sites is 1. The Labute approximate surface area is 202 Å².